The molecule has 1 aromatic rings. The highest BCUT2D eigenvalue weighted by atomic mass is 79.9. The summed E-state index contributed by atoms with van der Waals surface area (Å²) >= 11 is 7.82. The lowest BCUT2D eigenvalue weighted by molar-refractivity contribution is -0.150. The van der Waals surface area contributed by atoms with E-state index in [-0.39, 0.29) is 11.9 Å². The van der Waals surface area contributed by atoms with Gasteiger partial charge in [0.15, 0.2) is 0 Å². The minimum atomic E-state index is -0.412. The Hall–Kier alpha value is -0.400. The third-order valence-corrected chi connectivity index (χ3v) is 5.28. The maximum atomic E-state index is 11.5. The van der Waals surface area contributed by atoms with E-state index in [1.165, 1.54) is 11.3 Å². The van der Waals surface area contributed by atoms with Gasteiger partial charge in [0.1, 0.15) is 0 Å². The quantitative estimate of drug-likeness (QED) is 0.816. The van der Waals surface area contributed by atoms with E-state index in [4.69, 9.17) is 0 Å². The normalized spacial score (nSPS) is 14.6. The predicted octanol–water partition coefficient (Wildman–Crippen LogP) is 2.87. The van der Waals surface area contributed by atoms with Crippen molar-refractivity contribution in [3.05, 3.63) is 19.2 Å². The van der Waals surface area contributed by atoms with Gasteiger partial charge in [-0.05, 0) is 50.8 Å². The van der Waals surface area contributed by atoms with Gasteiger partial charge in [0, 0.05) is 4.47 Å². The summed E-state index contributed by atoms with van der Waals surface area (Å²) in [5.41, 5.74) is 2.14. The summed E-state index contributed by atoms with van der Waals surface area (Å²) in [7, 11) is 0. The number of thiophene rings is 1. The molecule has 0 aromatic carbocycles. The highest BCUT2D eigenvalue weighted by Gasteiger charge is 2.32. The summed E-state index contributed by atoms with van der Waals surface area (Å²) in [5, 5.41) is 0. The number of hydrogen-bond acceptors (Lipinski definition) is 4. The topological polar surface area (TPSA) is 55.4 Å². The summed E-state index contributed by atoms with van der Waals surface area (Å²) in [4.78, 5) is 27.8. The Kier molecular flexibility index (Phi) is 3.66. The second-order valence-electron chi connectivity index (χ2n) is 3.36. The van der Waals surface area contributed by atoms with Crippen molar-refractivity contribution in [3.8, 4) is 0 Å². The van der Waals surface area contributed by atoms with Crippen molar-refractivity contribution in [1.82, 2.24) is 5.48 Å². The number of halogens is 2. The summed E-state index contributed by atoms with van der Waals surface area (Å²) in [6, 6.07) is 1.66. The molecule has 0 bridgehead atoms. The Balaban J connectivity index is 1.89. The molecule has 0 spiro atoms. The van der Waals surface area contributed by atoms with E-state index in [9.17, 15) is 9.59 Å². The lowest BCUT2D eigenvalue weighted by Crippen LogP contribution is -2.27. The molecular formula is C9H7Br2NO3S. The van der Waals surface area contributed by atoms with E-state index in [2.05, 4.69) is 42.2 Å². The van der Waals surface area contributed by atoms with Gasteiger partial charge in [-0.2, -0.15) is 5.48 Å². The molecule has 86 valence electrons. The average Bonchev–Trinajstić information content (AvgIpc) is 3.03. The van der Waals surface area contributed by atoms with Gasteiger partial charge in [-0.1, -0.05) is 0 Å². The van der Waals surface area contributed by atoms with Crippen molar-refractivity contribution in [2.45, 2.75) is 12.8 Å². The number of carbonyl (C=O) groups excluding carboxylic acids is 2. The second kappa shape index (κ2) is 4.85. The molecule has 16 heavy (non-hydrogen) atoms. The summed E-state index contributed by atoms with van der Waals surface area (Å²) in [6.07, 6.45) is 1.70. The maximum absolute atomic E-state index is 11.5. The van der Waals surface area contributed by atoms with Crippen LogP contribution in [0.3, 0.4) is 0 Å². The van der Waals surface area contributed by atoms with E-state index in [0.29, 0.717) is 4.88 Å². The molecular weight excluding hydrogens is 362 g/mol. The monoisotopic (exact) mass is 367 g/mol. The van der Waals surface area contributed by atoms with Gasteiger partial charge in [-0.25, -0.2) is 4.79 Å². The number of amides is 1. The molecule has 1 aliphatic carbocycles. The molecule has 0 atom stereocenters. The number of rotatable bonds is 2. The van der Waals surface area contributed by atoms with Crippen molar-refractivity contribution in [2.24, 2.45) is 5.92 Å². The highest BCUT2D eigenvalue weighted by Crippen LogP contribution is 2.32. The van der Waals surface area contributed by atoms with Crippen LogP contribution in [-0.4, -0.2) is 11.9 Å². The first-order chi connectivity index (χ1) is 7.58. The van der Waals surface area contributed by atoms with Crippen molar-refractivity contribution in [3.63, 3.8) is 0 Å². The molecule has 0 aliphatic heterocycles. The van der Waals surface area contributed by atoms with Crippen molar-refractivity contribution in [2.75, 3.05) is 0 Å². The smallest absolute Gasteiger partial charge is 0.335 e. The van der Waals surface area contributed by atoms with Crippen LogP contribution in [0.5, 0.6) is 0 Å². The van der Waals surface area contributed by atoms with E-state index >= 15 is 0 Å². The third-order valence-electron chi connectivity index (χ3n) is 2.02. The van der Waals surface area contributed by atoms with Gasteiger partial charge in [0.2, 0.25) is 0 Å². The Morgan fingerprint density at radius 3 is 2.62 bits per heavy atom. The van der Waals surface area contributed by atoms with Crippen LogP contribution in [0, 0.1) is 5.92 Å². The fraction of sp³-hybridized carbons (Fsp3) is 0.333. The molecule has 1 heterocycles. The first-order valence-corrected chi connectivity index (χ1v) is 6.94. The lowest BCUT2D eigenvalue weighted by atomic mass is 10.4. The van der Waals surface area contributed by atoms with Gasteiger partial charge >= 0.3 is 5.97 Å². The summed E-state index contributed by atoms with van der Waals surface area (Å²) in [6.45, 7) is 0. The minimum Gasteiger partial charge on any atom is -0.340 e. The van der Waals surface area contributed by atoms with Gasteiger partial charge in [0.25, 0.3) is 5.91 Å². The zero-order valence-corrected chi connectivity index (χ0v) is 11.9. The van der Waals surface area contributed by atoms with E-state index in [1.807, 2.05) is 0 Å². The zero-order chi connectivity index (χ0) is 11.7. The molecule has 2 rings (SSSR count). The van der Waals surface area contributed by atoms with E-state index in [1.54, 1.807) is 6.07 Å². The molecule has 4 nitrogen and oxygen atoms in total. The number of hydrogen-bond donors (Lipinski definition) is 1. The minimum absolute atomic E-state index is 0.0258. The van der Waals surface area contributed by atoms with Crippen LogP contribution in [-0.2, 0) is 9.63 Å². The summed E-state index contributed by atoms with van der Waals surface area (Å²) < 4.78 is 1.63. The SMILES string of the molecule is O=C(NOC(=O)C1CC1)c1cc(Br)c(Br)s1. The third kappa shape index (κ3) is 2.83. The zero-order valence-electron chi connectivity index (χ0n) is 7.96. The van der Waals surface area contributed by atoms with Gasteiger partial charge in [-0.3, -0.25) is 4.79 Å². The largest absolute Gasteiger partial charge is 0.340 e. The van der Waals surface area contributed by atoms with Crippen LogP contribution in [0.4, 0.5) is 0 Å². The van der Waals surface area contributed by atoms with Gasteiger partial charge in [-0.15, -0.1) is 11.3 Å². The Bertz CT molecular complexity index is 422. The van der Waals surface area contributed by atoms with Crippen molar-refractivity contribution < 1.29 is 14.4 Å². The first-order valence-electron chi connectivity index (χ1n) is 4.54. The molecule has 1 aromatic heterocycles. The van der Waals surface area contributed by atoms with Crippen LogP contribution < -0.4 is 5.48 Å². The Labute approximate surface area is 113 Å². The molecule has 0 unspecified atom stereocenters. The average molecular weight is 369 g/mol. The standard InChI is InChI=1S/C9H7Br2NO3S/c10-5-3-6(16-7(5)11)8(13)12-15-9(14)4-1-2-4/h3-4H,1-2H2,(H,12,13). The predicted molar refractivity (Wildman–Crippen MR) is 66.0 cm³/mol. The van der Waals surface area contributed by atoms with Crippen LogP contribution >= 0.6 is 43.2 Å². The van der Waals surface area contributed by atoms with Crippen LogP contribution in [0.2, 0.25) is 0 Å². The second-order valence-corrected chi connectivity index (χ2v) is 6.58. The van der Waals surface area contributed by atoms with Gasteiger partial charge in [0.05, 0.1) is 14.6 Å². The first kappa shape index (κ1) is 12.1. The Morgan fingerprint density at radius 2 is 2.12 bits per heavy atom. The number of nitrogens with one attached hydrogen (secondary N) is 1. The highest BCUT2D eigenvalue weighted by molar-refractivity contribution is 9.13. The fourth-order valence-corrected chi connectivity index (χ4v) is 2.93. The molecule has 0 radical (unpaired) electrons. The van der Waals surface area contributed by atoms with Crippen LogP contribution in [0.1, 0.15) is 22.5 Å². The van der Waals surface area contributed by atoms with Crippen LogP contribution in [0.15, 0.2) is 14.3 Å². The van der Waals surface area contributed by atoms with Gasteiger partial charge < -0.3 is 4.84 Å². The molecule has 1 fully saturated rings. The van der Waals surface area contributed by atoms with E-state index < -0.39 is 5.91 Å². The number of hydroxylamine groups is 1. The number of carbonyl (C=O) groups is 2. The fourth-order valence-electron chi connectivity index (χ4n) is 1.01. The summed E-state index contributed by atoms with van der Waals surface area (Å²) in [5.74, 6) is -0.796. The Morgan fingerprint density at radius 1 is 1.44 bits per heavy atom. The van der Waals surface area contributed by atoms with E-state index in [0.717, 1.165) is 21.1 Å². The molecule has 0 saturated heterocycles. The van der Waals surface area contributed by atoms with Crippen molar-refractivity contribution >= 4 is 55.1 Å². The molecule has 1 amide bonds. The van der Waals surface area contributed by atoms with Crippen LogP contribution in [0.25, 0.3) is 0 Å². The lowest BCUT2D eigenvalue weighted by Gasteiger charge is -2.02. The molecule has 1 aliphatic rings. The molecule has 7 heteroatoms. The van der Waals surface area contributed by atoms with Crippen molar-refractivity contribution in [1.29, 1.82) is 0 Å². The molecule has 1 N–H and O–H groups in total. The maximum Gasteiger partial charge on any atom is 0.335 e. The molecule has 1 saturated carbocycles.